The van der Waals surface area contributed by atoms with Gasteiger partial charge in [0.1, 0.15) is 10.6 Å². The summed E-state index contributed by atoms with van der Waals surface area (Å²) in [7, 11) is -9.78. The highest BCUT2D eigenvalue weighted by Gasteiger charge is 2.66. The Bertz CT molecular complexity index is 786. The molecule has 0 bridgehead atoms. The minimum absolute atomic E-state index is 0.354. The summed E-state index contributed by atoms with van der Waals surface area (Å²) in [5, 5.41) is 0. The number of ether oxygens (including phenoxy) is 1. The van der Waals surface area contributed by atoms with Gasteiger partial charge in [0.05, 0.1) is 6.61 Å². The fourth-order valence-electron chi connectivity index (χ4n) is 1.90. The van der Waals surface area contributed by atoms with E-state index in [1.807, 2.05) is 6.92 Å². The quantitative estimate of drug-likeness (QED) is 0.444. The van der Waals surface area contributed by atoms with E-state index in [9.17, 15) is 19.4 Å². The minimum atomic E-state index is -9.78. The van der Waals surface area contributed by atoms with Crippen molar-refractivity contribution in [1.29, 1.82) is 0 Å². The molecule has 0 aromatic heterocycles. The topological polar surface area (TPSA) is 9.23 Å². The first-order valence-electron chi connectivity index (χ1n) is 7.07. The van der Waals surface area contributed by atoms with Crippen molar-refractivity contribution in [3.8, 4) is 17.6 Å². The van der Waals surface area contributed by atoms with Crippen molar-refractivity contribution < 1.29 is 24.2 Å². The van der Waals surface area contributed by atoms with Crippen LogP contribution in [0.25, 0.3) is 0 Å². The van der Waals surface area contributed by atoms with Crippen LogP contribution in [-0.4, -0.2) is 6.61 Å². The Morgan fingerprint density at radius 1 is 0.875 bits per heavy atom. The highest BCUT2D eigenvalue weighted by molar-refractivity contribution is 8.45. The summed E-state index contributed by atoms with van der Waals surface area (Å²) >= 11 is 0. The Kier molecular flexibility index (Phi) is 4.31. The van der Waals surface area contributed by atoms with Gasteiger partial charge in [-0.2, -0.15) is 0 Å². The zero-order valence-corrected chi connectivity index (χ0v) is 13.6. The molecular weight excluding hydrogens is 347 g/mol. The van der Waals surface area contributed by atoms with Gasteiger partial charge in [-0.25, -0.2) is 0 Å². The van der Waals surface area contributed by atoms with Crippen LogP contribution in [0.3, 0.4) is 0 Å². The SMILES string of the molecule is CCCOc1ccc(C#Cc2ccccc2S(F)(F)(F)(F)F)cc1. The molecule has 24 heavy (non-hydrogen) atoms. The molecule has 0 aliphatic rings. The molecule has 0 saturated heterocycles. The standard InChI is InChI=1S/C17H15F5OS/c1-2-13-23-16-11-8-14(9-12-16)7-10-15-5-3-4-6-17(15)24(18,19,20,21)22/h3-6,8-9,11-12H,2,13H2,1H3. The fraction of sp³-hybridized carbons (Fsp3) is 0.176. The van der Waals surface area contributed by atoms with Gasteiger partial charge in [-0.3, -0.25) is 0 Å². The molecule has 0 radical (unpaired) electrons. The lowest BCUT2D eigenvalue weighted by molar-refractivity contribution is 0.317. The van der Waals surface area contributed by atoms with Gasteiger partial charge in [0.2, 0.25) is 0 Å². The first-order valence-corrected chi connectivity index (χ1v) is 9.03. The molecule has 0 aliphatic heterocycles. The number of rotatable bonds is 4. The highest BCUT2D eigenvalue weighted by Crippen LogP contribution is 3.02. The predicted molar refractivity (Wildman–Crippen MR) is 86.0 cm³/mol. The second kappa shape index (κ2) is 5.71. The zero-order valence-electron chi connectivity index (χ0n) is 12.7. The first kappa shape index (κ1) is 18.1. The van der Waals surface area contributed by atoms with Crippen LogP contribution < -0.4 is 4.74 Å². The lowest BCUT2D eigenvalue weighted by atomic mass is 10.2. The molecule has 2 rings (SSSR count). The largest absolute Gasteiger partial charge is 0.494 e. The summed E-state index contributed by atoms with van der Waals surface area (Å²) in [6.07, 6.45) is 0.840. The van der Waals surface area contributed by atoms with Crippen molar-refractivity contribution in [3.63, 3.8) is 0 Å². The fourth-order valence-corrected chi connectivity index (χ4v) is 2.77. The summed E-state index contributed by atoms with van der Waals surface area (Å²) in [5.41, 5.74) is -0.348. The number of hydrogen-bond acceptors (Lipinski definition) is 1. The van der Waals surface area contributed by atoms with Crippen molar-refractivity contribution in [2.75, 3.05) is 6.61 Å². The average Bonchev–Trinajstić information content (AvgIpc) is 2.50. The second-order valence-corrected chi connectivity index (χ2v) is 7.47. The van der Waals surface area contributed by atoms with Gasteiger partial charge in [0, 0.05) is 11.1 Å². The molecule has 7 heteroatoms. The summed E-state index contributed by atoms with van der Waals surface area (Å²) in [6, 6.07) is 9.79. The maximum atomic E-state index is 13.0. The van der Waals surface area contributed by atoms with Crippen LogP contribution in [0.1, 0.15) is 24.5 Å². The molecule has 0 N–H and O–H groups in total. The molecule has 0 amide bonds. The molecule has 2 aromatic rings. The maximum absolute atomic E-state index is 13.0. The van der Waals surface area contributed by atoms with Crippen molar-refractivity contribution in [2.45, 2.75) is 18.2 Å². The Hall–Kier alpha value is -2.20. The van der Waals surface area contributed by atoms with E-state index in [-0.39, 0.29) is 0 Å². The Labute approximate surface area is 137 Å². The van der Waals surface area contributed by atoms with E-state index in [2.05, 4.69) is 11.8 Å². The van der Waals surface area contributed by atoms with Gasteiger partial charge in [-0.1, -0.05) is 50.3 Å². The monoisotopic (exact) mass is 362 g/mol. The predicted octanol–water partition coefficient (Wildman–Crippen LogP) is 6.53. The van der Waals surface area contributed by atoms with Crippen LogP contribution in [0.2, 0.25) is 0 Å². The van der Waals surface area contributed by atoms with Crippen LogP contribution in [0.4, 0.5) is 19.4 Å². The van der Waals surface area contributed by atoms with E-state index in [0.29, 0.717) is 24.0 Å². The van der Waals surface area contributed by atoms with Gasteiger partial charge < -0.3 is 4.74 Å². The normalized spacial score (nSPS) is 14.1. The summed E-state index contributed by atoms with van der Waals surface area (Å²) in [5.74, 6) is 5.27. The lowest BCUT2D eigenvalue weighted by Crippen LogP contribution is -2.08. The van der Waals surface area contributed by atoms with Gasteiger partial charge >= 0.3 is 10.2 Å². The molecule has 0 aliphatic carbocycles. The van der Waals surface area contributed by atoms with Crippen molar-refractivity contribution in [2.24, 2.45) is 0 Å². The Morgan fingerprint density at radius 2 is 1.50 bits per heavy atom. The van der Waals surface area contributed by atoms with Gasteiger partial charge in [0.15, 0.2) is 0 Å². The first-order chi connectivity index (χ1) is 11.0. The Morgan fingerprint density at radius 3 is 2.08 bits per heavy atom. The summed E-state index contributed by atoms with van der Waals surface area (Å²) in [4.78, 5) is -1.96. The highest BCUT2D eigenvalue weighted by atomic mass is 32.5. The van der Waals surface area contributed by atoms with E-state index in [0.717, 1.165) is 18.6 Å². The van der Waals surface area contributed by atoms with Crippen LogP contribution >= 0.6 is 10.2 Å². The van der Waals surface area contributed by atoms with E-state index >= 15 is 0 Å². The molecule has 0 heterocycles. The molecule has 0 fully saturated rings. The van der Waals surface area contributed by atoms with Crippen molar-refractivity contribution in [3.05, 3.63) is 59.7 Å². The summed E-state index contributed by atoms with van der Waals surface area (Å²) < 4.78 is 70.5. The van der Waals surface area contributed by atoms with Gasteiger partial charge in [0.25, 0.3) is 0 Å². The Balaban J connectivity index is 2.33. The van der Waals surface area contributed by atoms with E-state index < -0.39 is 20.7 Å². The van der Waals surface area contributed by atoms with Crippen molar-refractivity contribution in [1.82, 2.24) is 0 Å². The van der Waals surface area contributed by atoms with Gasteiger partial charge in [-0.15, -0.1) is 0 Å². The molecule has 2 aromatic carbocycles. The minimum Gasteiger partial charge on any atom is -0.494 e. The maximum Gasteiger partial charge on any atom is 0.311 e. The van der Waals surface area contributed by atoms with Crippen LogP contribution in [0.5, 0.6) is 5.75 Å². The van der Waals surface area contributed by atoms with Crippen LogP contribution in [-0.2, 0) is 0 Å². The van der Waals surface area contributed by atoms with E-state index in [4.69, 9.17) is 4.74 Å². The third-order valence-corrected chi connectivity index (χ3v) is 4.16. The van der Waals surface area contributed by atoms with Gasteiger partial charge in [-0.05, 0) is 42.8 Å². The number of benzene rings is 2. The zero-order chi connectivity index (χ0) is 17.9. The number of hydrogen-bond donors (Lipinski definition) is 0. The van der Waals surface area contributed by atoms with Crippen LogP contribution in [0.15, 0.2) is 53.4 Å². The van der Waals surface area contributed by atoms with E-state index in [1.54, 1.807) is 24.3 Å². The summed E-state index contributed by atoms with van der Waals surface area (Å²) in [6.45, 7) is 2.50. The molecule has 0 spiro atoms. The average molecular weight is 362 g/mol. The third-order valence-electron chi connectivity index (χ3n) is 2.97. The molecule has 0 saturated carbocycles. The smallest absolute Gasteiger partial charge is 0.311 e. The van der Waals surface area contributed by atoms with Crippen molar-refractivity contribution >= 4 is 10.2 Å². The number of halogens is 5. The molecule has 130 valence electrons. The lowest BCUT2D eigenvalue weighted by Gasteiger charge is -2.41. The molecule has 0 atom stereocenters. The van der Waals surface area contributed by atoms with E-state index in [1.165, 1.54) is 6.07 Å². The second-order valence-electron chi connectivity index (χ2n) is 5.09. The van der Waals surface area contributed by atoms with Crippen LogP contribution in [0, 0.1) is 11.8 Å². The third kappa shape index (κ3) is 4.90. The molecular formula is C17H15F5OS. The molecule has 1 nitrogen and oxygen atoms in total. The molecule has 0 unspecified atom stereocenters.